The van der Waals surface area contributed by atoms with Crippen LogP contribution in [0.4, 0.5) is 0 Å². The van der Waals surface area contributed by atoms with Crippen LogP contribution in [0.15, 0.2) is 6.33 Å². The molecule has 1 N–H and O–H groups in total. The SMILES string of the molecule is Cc1[nH]nc2ncnc(OCCN(C)C)c12. The Hall–Kier alpha value is -1.69. The van der Waals surface area contributed by atoms with E-state index < -0.39 is 0 Å². The van der Waals surface area contributed by atoms with Crippen molar-refractivity contribution in [3.8, 4) is 5.88 Å². The van der Waals surface area contributed by atoms with Crippen LogP contribution in [-0.2, 0) is 0 Å². The first-order valence-electron chi connectivity index (χ1n) is 5.11. The van der Waals surface area contributed by atoms with Crippen LogP contribution in [0, 0.1) is 6.92 Å². The third-order valence-corrected chi connectivity index (χ3v) is 2.27. The van der Waals surface area contributed by atoms with Gasteiger partial charge in [0, 0.05) is 12.2 Å². The average Bonchev–Trinajstić information content (AvgIpc) is 2.61. The third-order valence-electron chi connectivity index (χ3n) is 2.27. The summed E-state index contributed by atoms with van der Waals surface area (Å²) in [5.74, 6) is 0.595. The molecule has 0 spiro atoms. The van der Waals surface area contributed by atoms with Gasteiger partial charge in [-0.1, -0.05) is 0 Å². The van der Waals surface area contributed by atoms with Gasteiger partial charge in [-0.2, -0.15) is 5.10 Å². The Bertz CT molecular complexity index is 479. The second-order valence-electron chi connectivity index (χ2n) is 3.88. The van der Waals surface area contributed by atoms with E-state index in [0.717, 1.165) is 17.6 Å². The first-order chi connectivity index (χ1) is 7.68. The van der Waals surface area contributed by atoms with Crippen molar-refractivity contribution in [3.63, 3.8) is 0 Å². The number of nitrogens with zero attached hydrogens (tertiary/aromatic N) is 4. The quantitative estimate of drug-likeness (QED) is 0.819. The van der Waals surface area contributed by atoms with E-state index in [2.05, 4.69) is 25.1 Å². The van der Waals surface area contributed by atoms with Crippen molar-refractivity contribution >= 4 is 11.0 Å². The number of H-pyrrole nitrogens is 1. The number of aryl methyl sites for hydroxylation is 1. The summed E-state index contributed by atoms with van der Waals surface area (Å²) in [5, 5.41) is 7.79. The minimum atomic E-state index is 0.595. The lowest BCUT2D eigenvalue weighted by Gasteiger charge is -2.10. The fourth-order valence-electron chi connectivity index (χ4n) is 1.40. The second kappa shape index (κ2) is 4.44. The van der Waals surface area contributed by atoms with Gasteiger partial charge in [-0.05, 0) is 21.0 Å². The van der Waals surface area contributed by atoms with E-state index in [1.165, 1.54) is 6.33 Å². The molecule has 2 rings (SSSR count). The summed E-state index contributed by atoms with van der Waals surface area (Å²) in [5.41, 5.74) is 1.57. The maximum Gasteiger partial charge on any atom is 0.228 e. The molecule has 6 heteroatoms. The average molecular weight is 221 g/mol. The Morgan fingerprint density at radius 1 is 1.38 bits per heavy atom. The molecular weight excluding hydrogens is 206 g/mol. The van der Waals surface area contributed by atoms with Crippen molar-refractivity contribution < 1.29 is 4.74 Å². The first kappa shape index (κ1) is 10.8. The smallest absolute Gasteiger partial charge is 0.228 e. The van der Waals surface area contributed by atoms with E-state index in [9.17, 15) is 0 Å². The van der Waals surface area contributed by atoms with Crippen LogP contribution < -0.4 is 4.74 Å². The molecule has 0 aliphatic rings. The van der Waals surface area contributed by atoms with Crippen molar-refractivity contribution in [1.29, 1.82) is 0 Å². The van der Waals surface area contributed by atoms with Crippen LogP contribution >= 0.6 is 0 Å². The van der Waals surface area contributed by atoms with Crippen LogP contribution in [0.2, 0.25) is 0 Å². The molecule has 0 fully saturated rings. The maximum absolute atomic E-state index is 5.62. The predicted molar refractivity (Wildman–Crippen MR) is 60.5 cm³/mol. The van der Waals surface area contributed by atoms with E-state index in [0.29, 0.717) is 18.1 Å². The summed E-state index contributed by atoms with van der Waals surface area (Å²) in [4.78, 5) is 10.2. The number of fused-ring (bicyclic) bond motifs is 1. The minimum Gasteiger partial charge on any atom is -0.476 e. The number of aromatic nitrogens is 4. The molecule has 16 heavy (non-hydrogen) atoms. The lowest BCUT2D eigenvalue weighted by molar-refractivity contribution is 0.256. The van der Waals surface area contributed by atoms with Gasteiger partial charge in [0.25, 0.3) is 0 Å². The lowest BCUT2D eigenvalue weighted by Crippen LogP contribution is -2.19. The van der Waals surface area contributed by atoms with Crippen LogP contribution in [0.1, 0.15) is 5.69 Å². The number of nitrogens with one attached hydrogen (secondary N) is 1. The summed E-state index contributed by atoms with van der Waals surface area (Å²) in [6.45, 7) is 3.38. The molecule has 0 radical (unpaired) electrons. The molecule has 0 bridgehead atoms. The van der Waals surface area contributed by atoms with Crippen molar-refractivity contribution in [2.24, 2.45) is 0 Å². The normalized spacial score (nSPS) is 11.2. The Balaban J connectivity index is 2.20. The van der Waals surface area contributed by atoms with Gasteiger partial charge in [0.15, 0.2) is 5.65 Å². The molecular formula is C10H15N5O. The van der Waals surface area contributed by atoms with E-state index >= 15 is 0 Å². The monoisotopic (exact) mass is 221 g/mol. The minimum absolute atomic E-state index is 0.595. The van der Waals surface area contributed by atoms with Crippen LogP contribution in [0.25, 0.3) is 11.0 Å². The zero-order valence-corrected chi connectivity index (χ0v) is 9.69. The molecule has 0 saturated heterocycles. The van der Waals surface area contributed by atoms with Gasteiger partial charge in [-0.25, -0.2) is 9.97 Å². The molecule has 2 heterocycles. The summed E-state index contributed by atoms with van der Waals surface area (Å²) < 4.78 is 5.62. The third kappa shape index (κ3) is 2.11. The Kier molecular flexibility index (Phi) is 3.00. The standard InChI is InChI=1S/C10H15N5O/c1-7-8-9(14-13-7)11-6-12-10(8)16-5-4-15(2)3/h6H,4-5H2,1-3H3,(H,11,12,13,14). The fraction of sp³-hybridized carbons (Fsp3) is 0.500. The Morgan fingerprint density at radius 2 is 2.19 bits per heavy atom. The van der Waals surface area contributed by atoms with Crippen molar-refractivity contribution in [3.05, 3.63) is 12.0 Å². The number of ether oxygens (including phenoxy) is 1. The van der Waals surface area contributed by atoms with Gasteiger partial charge < -0.3 is 9.64 Å². The molecule has 86 valence electrons. The highest BCUT2D eigenvalue weighted by atomic mass is 16.5. The topological polar surface area (TPSA) is 66.9 Å². The Labute approximate surface area is 93.6 Å². The summed E-state index contributed by atoms with van der Waals surface area (Å²) >= 11 is 0. The molecule has 0 aliphatic heterocycles. The van der Waals surface area contributed by atoms with E-state index in [-0.39, 0.29) is 0 Å². The number of likely N-dealkylation sites (N-methyl/N-ethyl adjacent to an activating group) is 1. The largest absolute Gasteiger partial charge is 0.476 e. The highest BCUT2D eigenvalue weighted by Gasteiger charge is 2.10. The molecule has 0 aromatic carbocycles. The van der Waals surface area contributed by atoms with Gasteiger partial charge in [0.05, 0.1) is 0 Å². The van der Waals surface area contributed by atoms with E-state index in [1.54, 1.807) is 0 Å². The first-order valence-corrected chi connectivity index (χ1v) is 5.11. The molecule has 0 amide bonds. The lowest BCUT2D eigenvalue weighted by atomic mass is 10.3. The van der Waals surface area contributed by atoms with Crippen molar-refractivity contribution in [1.82, 2.24) is 25.1 Å². The molecule has 6 nitrogen and oxygen atoms in total. The number of hydrogen-bond donors (Lipinski definition) is 1. The summed E-state index contributed by atoms with van der Waals surface area (Å²) in [6.07, 6.45) is 1.47. The van der Waals surface area contributed by atoms with Crippen LogP contribution in [0.3, 0.4) is 0 Å². The Morgan fingerprint density at radius 3 is 2.94 bits per heavy atom. The number of aromatic amines is 1. The second-order valence-corrected chi connectivity index (χ2v) is 3.88. The van der Waals surface area contributed by atoms with Gasteiger partial charge in [-0.3, -0.25) is 5.10 Å². The predicted octanol–water partition coefficient (Wildman–Crippen LogP) is 0.602. The zero-order chi connectivity index (χ0) is 11.5. The summed E-state index contributed by atoms with van der Waals surface area (Å²) in [6, 6.07) is 0. The van der Waals surface area contributed by atoms with Gasteiger partial charge in [0.2, 0.25) is 5.88 Å². The molecule has 0 aliphatic carbocycles. The van der Waals surface area contributed by atoms with E-state index in [4.69, 9.17) is 4.74 Å². The molecule has 0 unspecified atom stereocenters. The number of hydrogen-bond acceptors (Lipinski definition) is 5. The molecule has 2 aromatic heterocycles. The van der Waals surface area contributed by atoms with Crippen LogP contribution in [0.5, 0.6) is 5.88 Å². The maximum atomic E-state index is 5.62. The molecule has 0 saturated carbocycles. The molecule has 2 aromatic rings. The van der Waals surface area contributed by atoms with Crippen molar-refractivity contribution in [2.75, 3.05) is 27.2 Å². The highest BCUT2D eigenvalue weighted by molar-refractivity contribution is 5.82. The molecule has 0 atom stereocenters. The van der Waals surface area contributed by atoms with Crippen LogP contribution in [-0.4, -0.2) is 52.3 Å². The van der Waals surface area contributed by atoms with E-state index in [1.807, 2.05) is 21.0 Å². The van der Waals surface area contributed by atoms with Gasteiger partial charge >= 0.3 is 0 Å². The van der Waals surface area contributed by atoms with Gasteiger partial charge in [-0.15, -0.1) is 0 Å². The highest BCUT2D eigenvalue weighted by Crippen LogP contribution is 2.22. The zero-order valence-electron chi connectivity index (χ0n) is 9.69. The van der Waals surface area contributed by atoms with Crippen molar-refractivity contribution in [2.45, 2.75) is 6.92 Å². The van der Waals surface area contributed by atoms with Gasteiger partial charge in [0.1, 0.15) is 18.3 Å². The fourth-order valence-corrected chi connectivity index (χ4v) is 1.40. The number of rotatable bonds is 4. The summed E-state index contributed by atoms with van der Waals surface area (Å²) in [7, 11) is 4.00.